The molecule has 1 unspecified atom stereocenters. The molecule has 0 spiro atoms. The molecule has 2 N–H and O–H groups in total. The number of nitrogens with one attached hydrogen (secondary N) is 2. The van der Waals surface area contributed by atoms with Crippen LogP contribution in [-0.2, 0) is 9.59 Å². The molecule has 1 atom stereocenters. The number of ether oxygens (including phenoxy) is 1. The van der Waals surface area contributed by atoms with E-state index in [1.807, 2.05) is 30.1 Å². The minimum atomic E-state index is -0.286. The van der Waals surface area contributed by atoms with Crippen LogP contribution in [-0.4, -0.2) is 56.5 Å². The number of benzene rings is 1. The van der Waals surface area contributed by atoms with Crippen LogP contribution in [0, 0.1) is 5.92 Å². The first-order valence-corrected chi connectivity index (χ1v) is 8.06. The molecule has 2 rings (SSSR count). The zero-order valence-corrected chi connectivity index (χ0v) is 14.8. The molecule has 0 aromatic heterocycles. The maximum absolute atomic E-state index is 12.2. The molecule has 1 aliphatic rings. The Morgan fingerprint density at radius 3 is 2.75 bits per heavy atom. The van der Waals surface area contributed by atoms with Gasteiger partial charge in [-0.2, -0.15) is 0 Å². The minimum Gasteiger partial charge on any atom is -0.484 e. The fourth-order valence-electron chi connectivity index (χ4n) is 2.75. The highest BCUT2D eigenvalue weighted by atomic mass is 35.5. The van der Waals surface area contributed by atoms with Gasteiger partial charge in [0.2, 0.25) is 5.91 Å². The zero-order valence-electron chi connectivity index (χ0n) is 14.0. The maximum atomic E-state index is 12.2. The number of carbonyl (C=O) groups excluding carboxylic acids is 2. The first kappa shape index (κ1) is 20.3. The van der Waals surface area contributed by atoms with E-state index in [9.17, 15) is 9.59 Å². The number of likely N-dealkylation sites (tertiary alicyclic amines) is 1. The number of nitrogens with zero attached hydrogens (tertiary/aromatic N) is 1. The average Bonchev–Trinajstić information content (AvgIpc) is 2.59. The van der Waals surface area contributed by atoms with Crippen molar-refractivity contribution in [2.45, 2.75) is 12.8 Å². The van der Waals surface area contributed by atoms with E-state index in [4.69, 9.17) is 4.74 Å². The van der Waals surface area contributed by atoms with E-state index < -0.39 is 0 Å². The van der Waals surface area contributed by atoms with Gasteiger partial charge in [-0.05, 0) is 44.5 Å². The summed E-state index contributed by atoms with van der Waals surface area (Å²) in [6.45, 7) is 2.40. The van der Waals surface area contributed by atoms with Gasteiger partial charge >= 0.3 is 0 Å². The Bertz CT molecular complexity index is 511. The summed E-state index contributed by atoms with van der Waals surface area (Å²) in [6, 6.07) is 9.14. The van der Waals surface area contributed by atoms with Crippen molar-refractivity contribution < 1.29 is 14.3 Å². The first-order chi connectivity index (χ1) is 11.2. The fourth-order valence-corrected chi connectivity index (χ4v) is 2.75. The van der Waals surface area contributed by atoms with Gasteiger partial charge in [0.1, 0.15) is 5.75 Å². The van der Waals surface area contributed by atoms with Crippen molar-refractivity contribution in [3.8, 4) is 5.75 Å². The lowest BCUT2D eigenvalue weighted by atomic mass is 9.98. The monoisotopic (exact) mass is 355 g/mol. The van der Waals surface area contributed by atoms with E-state index in [0.29, 0.717) is 11.7 Å². The molecule has 1 aromatic rings. The van der Waals surface area contributed by atoms with Crippen molar-refractivity contribution in [3.05, 3.63) is 30.3 Å². The highest BCUT2D eigenvalue weighted by Gasteiger charge is 2.23. The van der Waals surface area contributed by atoms with Gasteiger partial charge in [0.15, 0.2) is 6.61 Å². The number of para-hydroxylation sites is 1. The topological polar surface area (TPSA) is 70.7 Å². The van der Waals surface area contributed by atoms with Crippen molar-refractivity contribution in [2.75, 3.05) is 39.8 Å². The van der Waals surface area contributed by atoms with Crippen LogP contribution in [0.3, 0.4) is 0 Å². The Balaban J connectivity index is 0.00000288. The second-order valence-corrected chi connectivity index (χ2v) is 5.78. The lowest BCUT2D eigenvalue weighted by Gasteiger charge is -2.32. The van der Waals surface area contributed by atoms with E-state index in [2.05, 4.69) is 10.6 Å². The standard InChI is InChI=1S/C17H25N3O3.ClH/c1-18-10-14-6-5-9-20(12-14)17(22)11-19-16(21)13-23-15-7-3-2-4-8-15;/h2-4,7-8,14,18H,5-6,9-13H2,1H3,(H,19,21);1H. The molecule has 1 fully saturated rings. The summed E-state index contributed by atoms with van der Waals surface area (Å²) >= 11 is 0. The number of hydrogen-bond acceptors (Lipinski definition) is 4. The van der Waals surface area contributed by atoms with E-state index >= 15 is 0 Å². The third-order valence-electron chi connectivity index (χ3n) is 3.91. The molecule has 1 aliphatic heterocycles. The Morgan fingerprint density at radius 2 is 2.04 bits per heavy atom. The van der Waals surface area contributed by atoms with Gasteiger partial charge in [-0.1, -0.05) is 18.2 Å². The van der Waals surface area contributed by atoms with Gasteiger partial charge in [-0.3, -0.25) is 9.59 Å². The van der Waals surface area contributed by atoms with E-state index in [1.165, 1.54) is 0 Å². The van der Waals surface area contributed by atoms with Crippen LogP contribution in [0.4, 0.5) is 0 Å². The molecule has 0 aliphatic carbocycles. The van der Waals surface area contributed by atoms with Crippen LogP contribution in [0.25, 0.3) is 0 Å². The molecular weight excluding hydrogens is 330 g/mol. The maximum Gasteiger partial charge on any atom is 0.258 e. The fraction of sp³-hybridized carbons (Fsp3) is 0.529. The summed E-state index contributed by atoms with van der Waals surface area (Å²) in [7, 11) is 1.92. The van der Waals surface area contributed by atoms with Gasteiger partial charge in [0.25, 0.3) is 5.91 Å². The van der Waals surface area contributed by atoms with Gasteiger partial charge in [-0.25, -0.2) is 0 Å². The van der Waals surface area contributed by atoms with Crippen molar-refractivity contribution >= 4 is 24.2 Å². The van der Waals surface area contributed by atoms with E-state index in [0.717, 1.165) is 32.5 Å². The highest BCUT2D eigenvalue weighted by molar-refractivity contribution is 5.85. The Kier molecular flexibility index (Phi) is 9.19. The molecule has 0 bridgehead atoms. The van der Waals surface area contributed by atoms with Crippen LogP contribution in [0.2, 0.25) is 0 Å². The SMILES string of the molecule is CNCC1CCCN(C(=O)CNC(=O)COc2ccccc2)C1.Cl. The Hall–Kier alpha value is -1.79. The number of hydrogen-bond donors (Lipinski definition) is 2. The lowest BCUT2D eigenvalue weighted by Crippen LogP contribution is -2.47. The second kappa shape index (κ2) is 10.9. The molecule has 1 aromatic carbocycles. The van der Waals surface area contributed by atoms with Gasteiger partial charge < -0.3 is 20.3 Å². The first-order valence-electron chi connectivity index (χ1n) is 8.06. The van der Waals surface area contributed by atoms with E-state index in [-0.39, 0.29) is 37.4 Å². The zero-order chi connectivity index (χ0) is 16.5. The van der Waals surface area contributed by atoms with Crippen molar-refractivity contribution in [1.29, 1.82) is 0 Å². The van der Waals surface area contributed by atoms with Gasteiger partial charge in [0, 0.05) is 13.1 Å². The Morgan fingerprint density at radius 1 is 1.29 bits per heavy atom. The summed E-state index contributed by atoms with van der Waals surface area (Å²) in [5.74, 6) is 0.819. The Labute approximate surface area is 149 Å². The van der Waals surface area contributed by atoms with Crippen molar-refractivity contribution in [1.82, 2.24) is 15.5 Å². The van der Waals surface area contributed by atoms with Crippen LogP contribution in [0.15, 0.2) is 30.3 Å². The molecule has 6 nitrogen and oxygen atoms in total. The molecular formula is C17H26ClN3O3. The molecule has 7 heteroatoms. The molecule has 1 heterocycles. The predicted molar refractivity (Wildman–Crippen MR) is 95.4 cm³/mol. The molecule has 0 radical (unpaired) electrons. The number of piperidine rings is 1. The number of carbonyl (C=O) groups is 2. The van der Waals surface area contributed by atoms with Crippen LogP contribution >= 0.6 is 12.4 Å². The summed E-state index contributed by atoms with van der Waals surface area (Å²) in [4.78, 5) is 25.8. The lowest BCUT2D eigenvalue weighted by molar-refractivity contribution is -0.134. The summed E-state index contributed by atoms with van der Waals surface area (Å²) in [6.07, 6.45) is 2.16. The van der Waals surface area contributed by atoms with E-state index in [1.54, 1.807) is 12.1 Å². The average molecular weight is 356 g/mol. The van der Waals surface area contributed by atoms with Gasteiger partial charge in [0.05, 0.1) is 6.54 Å². The van der Waals surface area contributed by atoms with Crippen LogP contribution in [0.5, 0.6) is 5.75 Å². The number of amides is 2. The number of halogens is 1. The predicted octanol–water partition coefficient (Wildman–Crippen LogP) is 1.06. The molecule has 1 saturated heterocycles. The third kappa shape index (κ3) is 6.76. The van der Waals surface area contributed by atoms with Crippen LogP contribution < -0.4 is 15.4 Å². The minimum absolute atomic E-state index is 0. The van der Waals surface area contributed by atoms with Gasteiger partial charge in [-0.15, -0.1) is 12.4 Å². The largest absolute Gasteiger partial charge is 0.484 e. The second-order valence-electron chi connectivity index (χ2n) is 5.78. The normalized spacial score (nSPS) is 16.9. The molecule has 24 heavy (non-hydrogen) atoms. The quantitative estimate of drug-likeness (QED) is 0.767. The van der Waals surface area contributed by atoms with Crippen molar-refractivity contribution in [3.63, 3.8) is 0 Å². The molecule has 0 saturated carbocycles. The molecule has 134 valence electrons. The van der Waals surface area contributed by atoms with Crippen molar-refractivity contribution in [2.24, 2.45) is 5.92 Å². The number of rotatable bonds is 7. The highest BCUT2D eigenvalue weighted by Crippen LogP contribution is 2.15. The third-order valence-corrected chi connectivity index (χ3v) is 3.91. The molecule has 2 amide bonds. The summed E-state index contributed by atoms with van der Waals surface area (Å²) in [5, 5.41) is 5.78. The van der Waals surface area contributed by atoms with Crippen LogP contribution in [0.1, 0.15) is 12.8 Å². The smallest absolute Gasteiger partial charge is 0.258 e. The summed E-state index contributed by atoms with van der Waals surface area (Å²) in [5.41, 5.74) is 0. The summed E-state index contributed by atoms with van der Waals surface area (Å²) < 4.78 is 5.35.